The number of aromatic nitrogens is 2. The van der Waals surface area contributed by atoms with Crippen molar-refractivity contribution >= 4 is 0 Å². The van der Waals surface area contributed by atoms with Gasteiger partial charge in [0.1, 0.15) is 5.82 Å². The number of hydrogen-bond donors (Lipinski definition) is 1. The van der Waals surface area contributed by atoms with Crippen LogP contribution >= 0.6 is 0 Å². The molecule has 0 atom stereocenters. The summed E-state index contributed by atoms with van der Waals surface area (Å²) in [6.07, 6.45) is 5.94. The second-order valence-electron chi connectivity index (χ2n) is 3.96. The first-order valence-corrected chi connectivity index (χ1v) is 5.60. The fraction of sp³-hybridized carbons (Fsp3) is 0.308. The van der Waals surface area contributed by atoms with Gasteiger partial charge in [-0.25, -0.2) is 4.98 Å². The Kier molecular flexibility index (Phi) is 3.37. The van der Waals surface area contributed by atoms with Gasteiger partial charge in [-0.3, -0.25) is 0 Å². The van der Waals surface area contributed by atoms with Gasteiger partial charge in [0.25, 0.3) is 0 Å². The molecule has 0 saturated carbocycles. The zero-order valence-corrected chi connectivity index (χ0v) is 9.56. The number of rotatable bonds is 4. The first-order chi connectivity index (χ1) is 7.81. The Morgan fingerprint density at radius 3 is 2.88 bits per heavy atom. The molecule has 0 aliphatic carbocycles. The summed E-state index contributed by atoms with van der Waals surface area (Å²) in [5.41, 5.74) is 7.97. The van der Waals surface area contributed by atoms with Gasteiger partial charge in [0.2, 0.25) is 0 Å². The summed E-state index contributed by atoms with van der Waals surface area (Å²) in [5.74, 6) is 0.975. The molecule has 0 aliphatic heterocycles. The molecule has 3 nitrogen and oxygen atoms in total. The second kappa shape index (κ2) is 4.94. The van der Waals surface area contributed by atoms with Crippen molar-refractivity contribution in [2.45, 2.75) is 19.8 Å². The molecule has 16 heavy (non-hydrogen) atoms. The van der Waals surface area contributed by atoms with E-state index in [1.165, 1.54) is 11.3 Å². The number of hydrogen-bond acceptors (Lipinski definition) is 2. The van der Waals surface area contributed by atoms with Crippen LogP contribution in [0.2, 0.25) is 0 Å². The fourth-order valence-electron chi connectivity index (χ4n) is 1.73. The van der Waals surface area contributed by atoms with E-state index in [4.69, 9.17) is 5.73 Å². The molecule has 0 unspecified atom stereocenters. The molecule has 2 heterocycles. The summed E-state index contributed by atoms with van der Waals surface area (Å²) in [5, 5.41) is 0. The van der Waals surface area contributed by atoms with Crippen molar-refractivity contribution in [2.24, 2.45) is 5.73 Å². The SMILES string of the molecule is Cc1ccc(-n2cccc2CCCN)nc1. The molecule has 2 rings (SSSR count). The summed E-state index contributed by atoms with van der Waals surface area (Å²) in [6, 6.07) is 8.29. The van der Waals surface area contributed by atoms with E-state index in [0.717, 1.165) is 25.2 Å². The van der Waals surface area contributed by atoms with E-state index >= 15 is 0 Å². The fourth-order valence-corrected chi connectivity index (χ4v) is 1.73. The third-order valence-corrected chi connectivity index (χ3v) is 2.61. The molecular weight excluding hydrogens is 198 g/mol. The minimum absolute atomic E-state index is 0.729. The van der Waals surface area contributed by atoms with Crippen molar-refractivity contribution < 1.29 is 0 Å². The Hall–Kier alpha value is -1.61. The van der Waals surface area contributed by atoms with E-state index in [0.29, 0.717) is 0 Å². The maximum Gasteiger partial charge on any atom is 0.136 e. The predicted octanol–water partition coefficient (Wildman–Crippen LogP) is 2.07. The van der Waals surface area contributed by atoms with Gasteiger partial charge in [-0.2, -0.15) is 0 Å². The van der Waals surface area contributed by atoms with Crippen LogP contribution in [0.3, 0.4) is 0 Å². The molecule has 2 aromatic rings. The monoisotopic (exact) mass is 215 g/mol. The molecule has 0 saturated heterocycles. The van der Waals surface area contributed by atoms with Crippen LogP contribution in [0.4, 0.5) is 0 Å². The zero-order valence-electron chi connectivity index (χ0n) is 9.56. The van der Waals surface area contributed by atoms with Crippen LogP contribution in [0, 0.1) is 6.92 Å². The van der Waals surface area contributed by atoms with Crippen LogP contribution in [0.5, 0.6) is 0 Å². The molecule has 2 N–H and O–H groups in total. The van der Waals surface area contributed by atoms with E-state index in [-0.39, 0.29) is 0 Å². The maximum absolute atomic E-state index is 5.53. The summed E-state index contributed by atoms with van der Waals surface area (Å²) in [6.45, 7) is 2.77. The van der Waals surface area contributed by atoms with Gasteiger partial charge in [0, 0.05) is 18.1 Å². The van der Waals surface area contributed by atoms with Crippen LogP contribution in [0.25, 0.3) is 5.82 Å². The van der Waals surface area contributed by atoms with Crippen LogP contribution in [0.1, 0.15) is 17.7 Å². The lowest BCUT2D eigenvalue weighted by Gasteiger charge is -2.08. The smallest absolute Gasteiger partial charge is 0.136 e. The normalized spacial score (nSPS) is 10.6. The molecule has 84 valence electrons. The lowest BCUT2D eigenvalue weighted by Crippen LogP contribution is -2.05. The third-order valence-electron chi connectivity index (χ3n) is 2.61. The van der Waals surface area contributed by atoms with E-state index < -0.39 is 0 Å². The summed E-state index contributed by atoms with van der Waals surface area (Å²) < 4.78 is 2.12. The zero-order chi connectivity index (χ0) is 11.4. The number of nitrogens with two attached hydrogens (primary N) is 1. The Labute approximate surface area is 95.9 Å². The van der Waals surface area contributed by atoms with Gasteiger partial charge in [-0.05, 0) is 50.1 Å². The van der Waals surface area contributed by atoms with Crippen molar-refractivity contribution in [3.63, 3.8) is 0 Å². The highest BCUT2D eigenvalue weighted by atomic mass is 15.1. The summed E-state index contributed by atoms with van der Waals surface area (Å²) in [4.78, 5) is 4.42. The van der Waals surface area contributed by atoms with Gasteiger partial charge in [-0.1, -0.05) is 6.07 Å². The molecule has 0 aliphatic rings. The second-order valence-corrected chi connectivity index (χ2v) is 3.96. The van der Waals surface area contributed by atoms with Gasteiger partial charge < -0.3 is 10.3 Å². The molecule has 0 radical (unpaired) electrons. The Morgan fingerprint density at radius 2 is 2.19 bits per heavy atom. The number of nitrogens with zero attached hydrogens (tertiary/aromatic N) is 2. The molecule has 0 bridgehead atoms. The van der Waals surface area contributed by atoms with Gasteiger partial charge in [0.15, 0.2) is 0 Å². The molecular formula is C13H17N3. The van der Waals surface area contributed by atoms with Crippen LogP contribution < -0.4 is 5.73 Å². The molecule has 0 spiro atoms. The van der Waals surface area contributed by atoms with E-state index in [1.807, 2.05) is 31.5 Å². The molecule has 0 amide bonds. The van der Waals surface area contributed by atoms with Crippen LogP contribution in [-0.2, 0) is 6.42 Å². The minimum atomic E-state index is 0.729. The molecule has 3 heteroatoms. The average molecular weight is 215 g/mol. The van der Waals surface area contributed by atoms with E-state index in [9.17, 15) is 0 Å². The standard InChI is InChI=1S/C13H17N3/c1-11-6-7-13(15-10-11)16-9-3-5-12(16)4-2-8-14/h3,5-7,9-10H,2,4,8,14H2,1H3. The number of pyridine rings is 1. The Morgan fingerprint density at radius 1 is 1.31 bits per heavy atom. The van der Waals surface area contributed by atoms with Crippen molar-refractivity contribution in [1.29, 1.82) is 0 Å². The highest BCUT2D eigenvalue weighted by molar-refractivity contribution is 5.29. The number of aryl methyl sites for hydroxylation is 2. The first-order valence-electron chi connectivity index (χ1n) is 5.60. The molecule has 0 fully saturated rings. The van der Waals surface area contributed by atoms with Crippen LogP contribution in [-0.4, -0.2) is 16.1 Å². The first kappa shape index (κ1) is 10.9. The summed E-state index contributed by atoms with van der Waals surface area (Å²) >= 11 is 0. The lowest BCUT2D eigenvalue weighted by atomic mass is 10.2. The average Bonchev–Trinajstić information content (AvgIpc) is 2.75. The highest BCUT2D eigenvalue weighted by Gasteiger charge is 2.03. The van der Waals surface area contributed by atoms with Crippen molar-refractivity contribution in [3.05, 3.63) is 47.9 Å². The quantitative estimate of drug-likeness (QED) is 0.848. The van der Waals surface area contributed by atoms with Gasteiger partial charge in [0.05, 0.1) is 0 Å². The Bertz CT molecular complexity index is 442. The van der Waals surface area contributed by atoms with E-state index in [1.54, 1.807) is 0 Å². The summed E-state index contributed by atoms with van der Waals surface area (Å²) in [7, 11) is 0. The highest BCUT2D eigenvalue weighted by Crippen LogP contribution is 2.12. The minimum Gasteiger partial charge on any atom is -0.330 e. The third kappa shape index (κ3) is 2.31. The topological polar surface area (TPSA) is 43.8 Å². The van der Waals surface area contributed by atoms with Crippen molar-refractivity contribution in [1.82, 2.24) is 9.55 Å². The lowest BCUT2D eigenvalue weighted by molar-refractivity contribution is 0.782. The predicted molar refractivity (Wildman–Crippen MR) is 65.7 cm³/mol. The Balaban J connectivity index is 2.26. The largest absolute Gasteiger partial charge is 0.330 e. The van der Waals surface area contributed by atoms with E-state index in [2.05, 4.69) is 21.7 Å². The van der Waals surface area contributed by atoms with Crippen molar-refractivity contribution in [3.8, 4) is 5.82 Å². The van der Waals surface area contributed by atoms with Crippen molar-refractivity contribution in [2.75, 3.05) is 6.54 Å². The molecule has 2 aromatic heterocycles. The van der Waals surface area contributed by atoms with Gasteiger partial charge >= 0.3 is 0 Å². The van der Waals surface area contributed by atoms with Gasteiger partial charge in [-0.15, -0.1) is 0 Å². The maximum atomic E-state index is 5.53. The van der Waals surface area contributed by atoms with Crippen LogP contribution in [0.15, 0.2) is 36.7 Å². The molecule has 0 aromatic carbocycles.